The van der Waals surface area contributed by atoms with Crippen LogP contribution in [0.15, 0.2) is 24.3 Å². The zero-order chi connectivity index (χ0) is 15.3. The van der Waals surface area contributed by atoms with E-state index in [0.29, 0.717) is 17.6 Å². The first kappa shape index (κ1) is 19.7. The molecule has 0 spiro atoms. The van der Waals surface area contributed by atoms with Gasteiger partial charge in [-0.1, -0.05) is 13.2 Å². The van der Waals surface area contributed by atoms with E-state index in [1.807, 2.05) is 0 Å². The van der Waals surface area contributed by atoms with Gasteiger partial charge >= 0.3 is 11.9 Å². The molecule has 0 bridgehead atoms. The molecule has 0 aromatic carbocycles. The predicted octanol–water partition coefficient (Wildman–Crippen LogP) is 0.586. The van der Waals surface area contributed by atoms with Crippen molar-refractivity contribution in [3.63, 3.8) is 0 Å². The first-order valence-corrected chi connectivity index (χ1v) is 5.73. The van der Waals surface area contributed by atoms with Crippen molar-refractivity contribution in [3.05, 3.63) is 24.3 Å². The fourth-order valence-electron chi connectivity index (χ4n) is 0.614. The van der Waals surface area contributed by atoms with Gasteiger partial charge in [0.25, 0.3) is 0 Å². The minimum Gasteiger partial charge on any atom is -0.462 e. The summed E-state index contributed by atoms with van der Waals surface area (Å²) in [5, 5.41) is 16.5. The molecule has 0 rings (SSSR count). The highest BCUT2D eigenvalue weighted by Crippen LogP contribution is 1.92. The summed E-state index contributed by atoms with van der Waals surface area (Å²) in [5.74, 6) is -0.850. The lowest BCUT2D eigenvalue weighted by atomic mass is 10.4. The smallest absolute Gasteiger partial charge is 0.333 e. The van der Waals surface area contributed by atoms with E-state index < -0.39 is 11.9 Å². The third kappa shape index (κ3) is 14.3. The van der Waals surface area contributed by atoms with Crippen molar-refractivity contribution in [1.29, 1.82) is 0 Å². The highest BCUT2D eigenvalue weighted by molar-refractivity contribution is 5.87. The maximum Gasteiger partial charge on any atom is 0.333 e. The third-order valence-electron chi connectivity index (χ3n) is 1.56. The first-order chi connectivity index (χ1) is 8.86. The van der Waals surface area contributed by atoms with Gasteiger partial charge in [0.1, 0.15) is 6.61 Å². The second-order valence-corrected chi connectivity index (χ2v) is 3.63. The van der Waals surface area contributed by atoms with Gasteiger partial charge in [-0.15, -0.1) is 0 Å². The number of aliphatic hydroxyl groups excluding tert-OH is 2. The van der Waals surface area contributed by atoms with E-state index in [9.17, 15) is 9.59 Å². The normalized spacial score (nSPS) is 8.84. The zero-order valence-corrected chi connectivity index (χ0v) is 11.5. The van der Waals surface area contributed by atoms with Gasteiger partial charge < -0.3 is 19.7 Å². The molecule has 0 heterocycles. The molecule has 0 fully saturated rings. The lowest BCUT2D eigenvalue weighted by molar-refractivity contribution is -0.140. The van der Waals surface area contributed by atoms with Crippen molar-refractivity contribution in [3.8, 4) is 0 Å². The Kier molecular flexibility index (Phi) is 13.2. The molecule has 0 saturated heterocycles. The Balaban J connectivity index is 0. The highest BCUT2D eigenvalue weighted by atomic mass is 16.5. The van der Waals surface area contributed by atoms with Crippen molar-refractivity contribution in [2.75, 3.05) is 26.4 Å². The van der Waals surface area contributed by atoms with E-state index in [0.717, 1.165) is 0 Å². The van der Waals surface area contributed by atoms with Crippen LogP contribution < -0.4 is 0 Å². The minimum absolute atomic E-state index is 0.0451. The molecule has 0 amide bonds. The summed E-state index contributed by atoms with van der Waals surface area (Å²) in [6.07, 6.45) is 0.485. The quantitative estimate of drug-likeness (QED) is 0.401. The molecular formula is C13H22O6. The molecule has 6 nitrogen and oxygen atoms in total. The van der Waals surface area contributed by atoms with Crippen LogP contribution in [0.25, 0.3) is 0 Å². The second kappa shape index (κ2) is 12.8. The highest BCUT2D eigenvalue weighted by Gasteiger charge is 2.00. The van der Waals surface area contributed by atoms with Crippen molar-refractivity contribution in [2.45, 2.75) is 20.3 Å². The van der Waals surface area contributed by atoms with Crippen LogP contribution >= 0.6 is 0 Å². The lowest BCUT2D eigenvalue weighted by Gasteiger charge is -2.00. The van der Waals surface area contributed by atoms with E-state index in [-0.39, 0.29) is 26.4 Å². The van der Waals surface area contributed by atoms with Crippen molar-refractivity contribution < 1.29 is 29.3 Å². The van der Waals surface area contributed by atoms with Gasteiger partial charge in [0, 0.05) is 24.2 Å². The summed E-state index contributed by atoms with van der Waals surface area (Å²) in [4.78, 5) is 21.1. The number of carbonyl (C=O) groups excluding carboxylic acids is 2. The second-order valence-electron chi connectivity index (χ2n) is 3.63. The van der Waals surface area contributed by atoms with Crippen molar-refractivity contribution in [1.82, 2.24) is 0 Å². The summed E-state index contributed by atoms with van der Waals surface area (Å²) in [5.41, 5.74) is 0.737. The Labute approximate surface area is 113 Å². The van der Waals surface area contributed by atoms with Crippen LogP contribution in [-0.2, 0) is 19.1 Å². The molecule has 0 radical (unpaired) electrons. The van der Waals surface area contributed by atoms with Gasteiger partial charge in [-0.05, 0) is 13.8 Å². The van der Waals surface area contributed by atoms with E-state index in [2.05, 4.69) is 22.6 Å². The molecule has 19 heavy (non-hydrogen) atoms. The number of hydrogen-bond acceptors (Lipinski definition) is 6. The Morgan fingerprint density at radius 3 is 1.63 bits per heavy atom. The Bertz CT molecular complexity index is 308. The lowest BCUT2D eigenvalue weighted by Crippen LogP contribution is -2.08. The van der Waals surface area contributed by atoms with Crippen LogP contribution in [0.3, 0.4) is 0 Å². The SMILES string of the molecule is C=C(C)C(=O)OCCCO.C=C(C)C(=O)OCCO. The molecule has 0 aromatic rings. The Hall–Kier alpha value is -1.66. The fraction of sp³-hybridized carbons (Fsp3) is 0.538. The average molecular weight is 274 g/mol. The maximum atomic E-state index is 10.6. The van der Waals surface area contributed by atoms with Gasteiger partial charge in [-0.25, -0.2) is 9.59 Å². The zero-order valence-electron chi connectivity index (χ0n) is 11.5. The van der Waals surface area contributed by atoms with E-state index in [4.69, 9.17) is 10.2 Å². The number of esters is 2. The molecule has 2 N–H and O–H groups in total. The topological polar surface area (TPSA) is 93.1 Å². The molecule has 6 heteroatoms. The number of ether oxygens (including phenoxy) is 2. The molecule has 110 valence electrons. The molecule has 0 atom stereocenters. The van der Waals surface area contributed by atoms with Gasteiger partial charge in [0.2, 0.25) is 0 Å². The van der Waals surface area contributed by atoms with Gasteiger partial charge in [0.05, 0.1) is 13.2 Å². The summed E-state index contributed by atoms with van der Waals surface area (Å²) in [7, 11) is 0. The van der Waals surface area contributed by atoms with Crippen molar-refractivity contribution >= 4 is 11.9 Å². The first-order valence-electron chi connectivity index (χ1n) is 5.73. The Morgan fingerprint density at radius 1 is 0.895 bits per heavy atom. The fourth-order valence-corrected chi connectivity index (χ4v) is 0.614. The third-order valence-corrected chi connectivity index (χ3v) is 1.56. The molecule has 0 aliphatic heterocycles. The molecule has 0 unspecified atom stereocenters. The predicted molar refractivity (Wildman–Crippen MR) is 70.3 cm³/mol. The van der Waals surface area contributed by atoms with Crippen LogP contribution in [0.5, 0.6) is 0 Å². The number of hydrogen-bond donors (Lipinski definition) is 2. The molecule has 0 aliphatic rings. The molecule has 0 aromatic heterocycles. The van der Waals surface area contributed by atoms with Crippen LogP contribution in [-0.4, -0.2) is 48.6 Å². The van der Waals surface area contributed by atoms with E-state index in [1.54, 1.807) is 13.8 Å². The van der Waals surface area contributed by atoms with Gasteiger partial charge in [-0.3, -0.25) is 0 Å². The van der Waals surface area contributed by atoms with Crippen LogP contribution in [0.1, 0.15) is 20.3 Å². The minimum atomic E-state index is -0.455. The van der Waals surface area contributed by atoms with E-state index >= 15 is 0 Å². The largest absolute Gasteiger partial charge is 0.462 e. The van der Waals surface area contributed by atoms with Gasteiger partial charge in [-0.2, -0.15) is 0 Å². The van der Waals surface area contributed by atoms with E-state index in [1.165, 1.54) is 0 Å². The number of aliphatic hydroxyl groups is 2. The van der Waals surface area contributed by atoms with Crippen LogP contribution in [0.2, 0.25) is 0 Å². The van der Waals surface area contributed by atoms with Crippen molar-refractivity contribution in [2.24, 2.45) is 0 Å². The maximum absolute atomic E-state index is 10.6. The monoisotopic (exact) mass is 274 g/mol. The summed E-state index contributed by atoms with van der Waals surface area (Å²) in [6.45, 7) is 10.1. The van der Waals surface area contributed by atoms with Gasteiger partial charge in [0.15, 0.2) is 0 Å². The summed E-state index contributed by atoms with van der Waals surface area (Å²) < 4.78 is 9.11. The summed E-state index contributed by atoms with van der Waals surface area (Å²) >= 11 is 0. The number of rotatable bonds is 7. The average Bonchev–Trinajstić information content (AvgIpc) is 2.36. The van der Waals surface area contributed by atoms with Crippen LogP contribution in [0, 0.1) is 0 Å². The summed E-state index contributed by atoms with van der Waals surface area (Å²) in [6, 6.07) is 0. The Morgan fingerprint density at radius 2 is 1.32 bits per heavy atom. The molecular weight excluding hydrogens is 252 g/mol. The molecule has 0 aliphatic carbocycles. The molecule has 0 saturated carbocycles. The standard InChI is InChI=1S/C7H12O3.C6H10O3/c1-6(2)7(9)10-5-3-4-8;1-5(2)6(8)9-4-3-7/h8H,1,3-5H2,2H3;7H,1,3-4H2,2H3. The van der Waals surface area contributed by atoms with Crippen LogP contribution in [0.4, 0.5) is 0 Å². The number of carbonyl (C=O) groups is 2.